The molecule has 86 valence electrons. The zero-order chi connectivity index (χ0) is 11.5. The molecule has 0 fully saturated rings. The highest BCUT2D eigenvalue weighted by Crippen LogP contribution is 2.13. The van der Waals surface area contributed by atoms with Crippen LogP contribution in [-0.4, -0.2) is 25.0 Å². The highest BCUT2D eigenvalue weighted by Gasteiger charge is 2.15. The molecule has 0 saturated carbocycles. The maximum atomic E-state index is 5.50. The summed E-state index contributed by atoms with van der Waals surface area (Å²) < 4.78 is 1.84. The second kappa shape index (κ2) is 4.42. The van der Waals surface area contributed by atoms with Crippen molar-refractivity contribution in [1.82, 2.24) is 30.4 Å². The molecule has 0 bridgehead atoms. The molecule has 0 saturated heterocycles. The average molecular weight is 221 g/mol. The summed E-state index contributed by atoms with van der Waals surface area (Å²) >= 11 is 0. The Kier molecular flexibility index (Phi) is 2.97. The molecule has 0 amide bonds. The predicted molar refractivity (Wildman–Crippen MR) is 58.1 cm³/mol. The summed E-state index contributed by atoms with van der Waals surface area (Å²) in [5.41, 5.74) is 4.80. The van der Waals surface area contributed by atoms with Crippen LogP contribution in [0.2, 0.25) is 0 Å². The molecule has 2 heterocycles. The lowest BCUT2D eigenvalue weighted by molar-refractivity contribution is 0.506. The molecule has 0 aliphatic carbocycles. The van der Waals surface area contributed by atoms with Gasteiger partial charge in [0, 0.05) is 19.2 Å². The highest BCUT2D eigenvalue weighted by atomic mass is 15.3. The molecule has 2 aromatic heterocycles. The van der Waals surface area contributed by atoms with Crippen molar-refractivity contribution >= 4 is 0 Å². The smallest absolute Gasteiger partial charge is 0.143 e. The Morgan fingerprint density at radius 3 is 2.94 bits per heavy atom. The number of hydrogen-bond acceptors (Lipinski definition) is 5. The third-order valence-corrected chi connectivity index (χ3v) is 2.48. The first kappa shape index (κ1) is 10.8. The zero-order valence-corrected chi connectivity index (χ0v) is 9.31. The Bertz CT molecular complexity index is 444. The van der Waals surface area contributed by atoms with Crippen LogP contribution in [0.1, 0.15) is 23.3 Å². The van der Waals surface area contributed by atoms with Crippen LogP contribution in [0.15, 0.2) is 12.4 Å². The lowest BCUT2D eigenvalue weighted by Crippen LogP contribution is -2.31. The van der Waals surface area contributed by atoms with Gasteiger partial charge >= 0.3 is 0 Å². The van der Waals surface area contributed by atoms with Crippen molar-refractivity contribution in [2.75, 3.05) is 0 Å². The van der Waals surface area contributed by atoms with Crippen LogP contribution in [0.4, 0.5) is 0 Å². The topological polar surface area (TPSA) is 97.4 Å². The molecule has 2 rings (SSSR count). The van der Waals surface area contributed by atoms with E-state index < -0.39 is 0 Å². The van der Waals surface area contributed by atoms with Gasteiger partial charge < -0.3 is 0 Å². The van der Waals surface area contributed by atoms with Gasteiger partial charge in [-0.05, 0) is 13.0 Å². The van der Waals surface area contributed by atoms with Gasteiger partial charge in [-0.3, -0.25) is 15.6 Å². The number of H-pyrrole nitrogens is 1. The number of aromatic nitrogens is 5. The molecule has 0 aliphatic rings. The number of nitrogens with one attached hydrogen (secondary N) is 2. The van der Waals surface area contributed by atoms with Crippen molar-refractivity contribution in [3.8, 4) is 0 Å². The molecule has 7 heteroatoms. The standard InChI is InChI=1S/C9H15N7/c1-6-3-7(16(2)15-6)4-8(13-10)9-11-5-12-14-9/h3,5,8,13H,4,10H2,1-2H3,(H,11,12,14). The van der Waals surface area contributed by atoms with Crippen LogP contribution >= 0.6 is 0 Å². The van der Waals surface area contributed by atoms with E-state index in [1.165, 1.54) is 6.33 Å². The molecule has 4 N–H and O–H groups in total. The number of nitrogens with zero attached hydrogens (tertiary/aromatic N) is 4. The van der Waals surface area contributed by atoms with Crippen LogP contribution in [0.25, 0.3) is 0 Å². The summed E-state index contributed by atoms with van der Waals surface area (Å²) in [6.45, 7) is 1.96. The first-order valence-corrected chi connectivity index (χ1v) is 5.01. The first-order valence-electron chi connectivity index (χ1n) is 5.01. The quantitative estimate of drug-likeness (QED) is 0.482. The molecule has 0 aliphatic heterocycles. The van der Waals surface area contributed by atoms with Crippen molar-refractivity contribution in [2.24, 2.45) is 12.9 Å². The average Bonchev–Trinajstić information content (AvgIpc) is 2.85. The van der Waals surface area contributed by atoms with Crippen molar-refractivity contribution in [3.05, 3.63) is 29.6 Å². The predicted octanol–water partition coefficient (Wildman–Crippen LogP) is -0.406. The second-order valence-electron chi connectivity index (χ2n) is 3.69. The minimum absolute atomic E-state index is 0.0858. The third-order valence-electron chi connectivity index (χ3n) is 2.48. The minimum atomic E-state index is -0.0858. The van der Waals surface area contributed by atoms with Gasteiger partial charge in [-0.1, -0.05) is 0 Å². The van der Waals surface area contributed by atoms with E-state index >= 15 is 0 Å². The van der Waals surface area contributed by atoms with E-state index in [1.54, 1.807) is 0 Å². The maximum Gasteiger partial charge on any atom is 0.143 e. The van der Waals surface area contributed by atoms with Gasteiger partial charge in [-0.25, -0.2) is 10.4 Å². The summed E-state index contributed by atoms with van der Waals surface area (Å²) in [6.07, 6.45) is 2.18. The molecule has 0 aromatic carbocycles. The number of nitrogens with two attached hydrogens (primary N) is 1. The van der Waals surface area contributed by atoms with E-state index in [2.05, 4.69) is 25.7 Å². The van der Waals surface area contributed by atoms with Gasteiger partial charge in [0.2, 0.25) is 0 Å². The van der Waals surface area contributed by atoms with E-state index in [-0.39, 0.29) is 6.04 Å². The van der Waals surface area contributed by atoms with Gasteiger partial charge in [0.25, 0.3) is 0 Å². The molecule has 0 radical (unpaired) electrons. The van der Waals surface area contributed by atoms with Gasteiger partial charge in [-0.2, -0.15) is 10.2 Å². The maximum absolute atomic E-state index is 5.50. The summed E-state index contributed by atoms with van der Waals surface area (Å²) in [6, 6.07) is 1.94. The Morgan fingerprint density at radius 1 is 1.62 bits per heavy atom. The molecule has 16 heavy (non-hydrogen) atoms. The third kappa shape index (κ3) is 2.10. The molecular weight excluding hydrogens is 206 g/mol. The lowest BCUT2D eigenvalue weighted by Gasteiger charge is -2.12. The molecule has 7 nitrogen and oxygen atoms in total. The fourth-order valence-electron chi connectivity index (χ4n) is 1.68. The molecule has 1 atom stereocenters. The van der Waals surface area contributed by atoms with Crippen molar-refractivity contribution in [1.29, 1.82) is 0 Å². The van der Waals surface area contributed by atoms with Crippen LogP contribution < -0.4 is 11.3 Å². The highest BCUT2D eigenvalue weighted by molar-refractivity contribution is 5.11. The van der Waals surface area contributed by atoms with Crippen LogP contribution in [0.3, 0.4) is 0 Å². The second-order valence-corrected chi connectivity index (χ2v) is 3.69. The molecule has 2 aromatic rings. The van der Waals surface area contributed by atoms with E-state index in [4.69, 9.17) is 5.84 Å². The van der Waals surface area contributed by atoms with Crippen molar-refractivity contribution < 1.29 is 0 Å². The molecule has 1 unspecified atom stereocenters. The number of rotatable bonds is 4. The number of hydrogen-bond donors (Lipinski definition) is 3. The van der Waals surface area contributed by atoms with E-state index in [1.807, 2.05) is 24.7 Å². The van der Waals surface area contributed by atoms with Crippen molar-refractivity contribution in [2.45, 2.75) is 19.4 Å². The van der Waals surface area contributed by atoms with Gasteiger partial charge in [0.05, 0.1) is 11.7 Å². The van der Waals surface area contributed by atoms with Gasteiger partial charge in [-0.15, -0.1) is 0 Å². The van der Waals surface area contributed by atoms with E-state index in [0.29, 0.717) is 6.42 Å². The SMILES string of the molecule is Cc1cc(CC(NN)c2ncn[nH]2)n(C)n1. The minimum Gasteiger partial charge on any atom is -0.272 e. The Morgan fingerprint density at radius 2 is 2.44 bits per heavy atom. The Hall–Kier alpha value is -1.73. The Balaban J connectivity index is 2.16. The largest absolute Gasteiger partial charge is 0.272 e. The Labute approximate surface area is 93.0 Å². The van der Waals surface area contributed by atoms with Crippen LogP contribution in [-0.2, 0) is 13.5 Å². The van der Waals surface area contributed by atoms with Crippen molar-refractivity contribution in [3.63, 3.8) is 0 Å². The first-order chi connectivity index (χ1) is 7.70. The monoisotopic (exact) mass is 221 g/mol. The summed E-state index contributed by atoms with van der Waals surface area (Å²) in [5.74, 6) is 6.22. The fourth-order valence-corrected chi connectivity index (χ4v) is 1.68. The molecular formula is C9H15N7. The summed E-state index contributed by atoms with van der Waals surface area (Å²) in [4.78, 5) is 4.08. The lowest BCUT2D eigenvalue weighted by atomic mass is 10.1. The van der Waals surface area contributed by atoms with Crippen LogP contribution in [0, 0.1) is 6.92 Å². The summed E-state index contributed by atoms with van der Waals surface area (Å²) in [7, 11) is 1.91. The molecule has 0 spiro atoms. The zero-order valence-electron chi connectivity index (χ0n) is 9.31. The normalized spacial score (nSPS) is 12.9. The van der Waals surface area contributed by atoms with Crippen LogP contribution in [0.5, 0.6) is 0 Å². The van der Waals surface area contributed by atoms with E-state index in [9.17, 15) is 0 Å². The van der Waals surface area contributed by atoms with Gasteiger partial charge in [0.15, 0.2) is 0 Å². The number of hydrazine groups is 1. The fraction of sp³-hybridized carbons (Fsp3) is 0.444. The number of aromatic amines is 1. The van der Waals surface area contributed by atoms with Gasteiger partial charge in [0.1, 0.15) is 12.2 Å². The summed E-state index contributed by atoms with van der Waals surface area (Å²) in [5, 5.41) is 10.9. The number of aryl methyl sites for hydroxylation is 2. The van der Waals surface area contributed by atoms with E-state index in [0.717, 1.165) is 17.2 Å².